The van der Waals surface area contributed by atoms with Crippen LogP contribution in [0.15, 0.2) is 42.5 Å². The lowest BCUT2D eigenvalue weighted by atomic mass is 9.85. The summed E-state index contributed by atoms with van der Waals surface area (Å²) in [5.41, 5.74) is 4.40. The summed E-state index contributed by atoms with van der Waals surface area (Å²) in [6.45, 7) is 7.02. The number of benzene rings is 2. The molecule has 0 saturated heterocycles. The summed E-state index contributed by atoms with van der Waals surface area (Å²) in [5.74, 6) is 1.17. The third kappa shape index (κ3) is 2.46. The van der Waals surface area contributed by atoms with Crippen LogP contribution in [0.3, 0.4) is 0 Å². The van der Waals surface area contributed by atoms with Gasteiger partial charge in [0.05, 0.1) is 6.61 Å². The maximum atomic E-state index is 11.7. The van der Waals surface area contributed by atoms with Gasteiger partial charge in [0.25, 0.3) is 0 Å². The molecule has 0 aromatic heterocycles. The van der Waals surface area contributed by atoms with Crippen molar-refractivity contribution < 1.29 is 9.53 Å². The molecule has 3 rings (SSSR count). The Hall–Kier alpha value is -2.09. The monoisotopic (exact) mass is 280 g/mol. The molecule has 1 aliphatic heterocycles. The molecule has 2 heteroatoms. The van der Waals surface area contributed by atoms with E-state index in [2.05, 4.69) is 26.0 Å². The minimum Gasteiger partial charge on any atom is -0.492 e. The van der Waals surface area contributed by atoms with Crippen LogP contribution in [0.4, 0.5) is 0 Å². The smallest absolute Gasteiger partial charge is 0.162 e. The van der Waals surface area contributed by atoms with Crippen LogP contribution < -0.4 is 4.74 Å². The first kappa shape index (κ1) is 13.9. The van der Waals surface area contributed by atoms with Crippen LogP contribution in [-0.4, -0.2) is 12.4 Å². The SMILES string of the molecule is CCC(=O)c1ccc(-c2ccc3c(c2)C(C)(C)CO3)cc1. The highest BCUT2D eigenvalue weighted by Gasteiger charge is 2.31. The van der Waals surface area contributed by atoms with Gasteiger partial charge in [0, 0.05) is 23.0 Å². The number of hydrogen-bond acceptors (Lipinski definition) is 2. The number of Topliss-reactive ketones (excluding diaryl/α,β-unsaturated/α-hetero) is 1. The van der Waals surface area contributed by atoms with Gasteiger partial charge in [0.15, 0.2) is 5.78 Å². The molecule has 21 heavy (non-hydrogen) atoms. The Morgan fingerprint density at radius 3 is 2.43 bits per heavy atom. The highest BCUT2D eigenvalue weighted by Crippen LogP contribution is 2.40. The normalized spacial score (nSPS) is 15.4. The molecule has 0 spiro atoms. The molecule has 0 radical (unpaired) electrons. The van der Waals surface area contributed by atoms with Crippen molar-refractivity contribution in [3.63, 3.8) is 0 Å². The largest absolute Gasteiger partial charge is 0.492 e. The third-order valence-electron chi connectivity index (χ3n) is 4.16. The fraction of sp³-hybridized carbons (Fsp3) is 0.316. The van der Waals surface area contributed by atoms with Crippen molar-refractivity contribution in [3.05, 3.63) is 53.6 Å². The summed E-state index contributed by atoms with van der Waals surface area (Å²) >= 11 is 0. The molecule has 0 bridgehead atoms. The standard InChI is InChI=1S/C19H20O2/c1-4-17(20)14-7-5-13(6-8-14)15-9-10-18-16(11-15)19(2,3)12-21-18/h5-11H,4,12H2,1-3H3. The van der Waals surface area contributed by atoms with E-state index >= 15 is 0 Å². The van der Waals surface area contributed by atoms with Gasteiger partial charge in [-0.15, -0.1) is 0 Å². The molecular formula is C19H20O2. The Balaban J connectivity index is 1.97. The molecule has 0 unspecified atom stereocenters. The summed E-state index contributed by atoms with van der Waals surface area (Å²) < 4.78 is 5.73. The molecule has 108 valence electrons. The highest BCUT2D eigenvalue weighted by molar-refractivity contribution is 5.96. The van der Waals surface area contributed by atoms with E-state index < -0.39 is 0 Å². The van der Waals surface area contributed by atoms with Gasteiger partial charge in [0.1, 0.15) is 5.75 Å². The van der Waals surface area contributed by atoms with E-state index in [0.29, 0.717) is 6.42 Å². The van der Waals surface area contributed by atoms with Crippen LogP contribution in [0.2, 0.25) is 0 Å². The number of carbonyl (C=O) groups is 1. The molecule has 0 fully saturated rings. The van der Waals surface area contributed by atoms with Crippen LogP contribution >= 0.6 is 0 Å². The lowest BCUT2D eigenvalue weighted by Crippen LogP contribution is -2.18. The second kappa shape index (κ2) is 5.03. The van der Waals surface area contributed by atoms with Crippen LogP contribution in [-0.2, 0) is 5.41 Å². The molecule has 2 aromatic carbocycles. The fourth-order valence-corrected chi connectivity index (χ4v) is 2.75. The van der Waals surface area contributed by atoms with Crippen LogP contribution in [0.1, 0.15) is 43.1 Å². The van der Waals surface area contributed by atoms with E-state index in [1.54, 1.807) is 0 Å². The van der Waals surface area contributed by atoms with Crippen molar-refractivity contribution in [2.24, 2.45) is 0 Å². The van der Waals surface area contributed by atoms with Gasteiger partial charge in [-0.05, 0) is 23.3 Å². The second-order valence-corrected chi connectivity index (χ2v) is 6.24. The van der Waals surface area contributed by atoms with Gasteiger partial charge in [-0.3, -0.25) is 4.79 Å². The molecule has 0 N–H and O–H groups in total. The van der Waals surface area contributed by atoms with E-state index in [9.17, 15) is 4.79 Å². The number of hydrogen-bond donors (Lipinski definition) is 0. The summed E-state index contributed by atoms with van der Waals surface area (Å²) in [4.78, 5) is 11.7. The predicted molar refractivity (Wildman–Crippen MR) is 85.0 cm³/mol. The number of rotatable bonds is 3. The zero-order valence-corrected chi connectivity index (χ0v) is 12.8. The molecule has 2 aromatic rings. The number of carbonyl (C=O) groups excluding carboxylic acids is 1. The first-order chi connectivity index (χ1) is 10.0. The topological polar surface area (TPSA) is 26.3 Å². The summed E-state index contributed by atoms with van der Waals surface area (Å²) in [6.07, 6.45) is 0.545. The minimum absolute atomic E-state index is 0.0590. The number of fused-ring (bicyclic) bond motifs is 1. The molecule has 0 aliphatic carbocycles. The van der Waals surface area contributed by atoms with Gasteiger partial charge < -0.3 is 4.74 Å². The zero-order chi connectivity index (χ0) is 15.0. The van der Waals surface area contributed by atoms with Gasteiger partial charge >= 0.3 is 0 Å². The maximum absolute atomic E-state index is 11.7. The minimum atomic E-state index is 0.0590. The summed E-state index contributed by atoms with van der Waals surface area (Å²) in [6, 6.07) is 14.2. The molecule has 1 aliphatic rings. The second-order valence-electron chi connectivity index (χ2n) is 6.24. The molecule has 0 saturated carbocycles. The van der Waals surface area contributed by atoms with E-state index in [4.69, 9.17) is 4.74 Å². The highest BCUT2D eigenvalue weighted by atomic mass is 16.5. The number of ketones is 1. The Bertz CT molecular complexity index is 681. The molecule has 0 amide bonds. The van der Waals surface area contributed by atoms with Crippen LogP contribution in [0, 0.1) is 0 Å². The van der Waals surface area contributed by atoms with E-state index in [1.807, 2.05) is 37.3 Å². The van der Waals surface area contributed by atoms with Crippen molar-refractivity contribution in [2.75, 3.05) is 6.61 Å². The van der Waals surface area contributed by atoms with E-state index in [1.165, 1.54) is 11.1 Å². The van der Waals surface area contributed by atoms with E-state index in [0.717, 1.165) is 23.5 Å². The molecule has 2 nitrogen and oxygen atoms in total. The average molecular weight is 280 g/mol. The fourth-order valence-electron chi connectivity index (χ4n) is 2.75. The van der Waals surface area contributed by atoms with Crippen molar-refractivity contribution in [1.82, 2.24) is 0 Å². The van der Waals surface area contributed by atoms with E-state index in [-0.39, 0.29) is 11.2 Å². The van der Waals surface area contributed by atoms with Gasteiger partial charge in [-0.2, -0.15) is 0 Å². The van der Waals surface area contributed by atoms with Crippen LogP contribution in [0.25, 0.3) is 11.1 Å². The van der Waals surface area contributed by atoms with Crippen molar-refractivity contribution in [1.29, 1.82) is 0 Å². The van der Waals surface area contributed by atoms with Gasteiger partial charge in [0.2, 0.25) is 0 Å². The van der Waals surface area contributed by atoms with Crippen LogP contribution in [0.5, 0.6) is 5.75 Å². The van der Waals surface area contributed by atoms with Crippen molar-refractivity contribution >= 4 is 5.78 Å². The number of ether oxygens (including phenoxy) is 1. The Kier molecular flexibility index (Phi) is 3.32. The third-order valence-corrected chi connectivity index (χ3v) is 4.16. The Labute approximate surface area is 125 Å². The molecule has 0 atom stereocenters. The molecular weight excluding hydrogens is 260 g/mol. The zero-order valence-electron chi connectivity index (χ0n) is 12.8. The summed E-state index contributed by atoms with van der Waals surface area (Å²) in [7, 11) is 0. The first-order valence-electron chi connectivity index (χ1n) is 7.42. The lowest BCUT2D eigenvalue weighted by molar-refractivity contribution is 0.0988. The van der Waals surface area contributed by atoms with Crippen molar-refractivity contribution in [3.8, 4) is 16.9 Å². The predicted octanol–water partition coefficient (Wildman–Crippen LogP) is 4.62. The summed E-state index contributed by atoms with van der Waals surface area (Å²) in [5, 5.41) is 0. The van der Waals surface area contributed by atoms with Gasteiger partial charge in [-0.25, -0.2) is 0 Å². The quantitative estimate of drug-likeness (QED) is 0.767. The average Bonchev–Trinajstić information content (AvgIpc) is 2.82. The first-order valence-corrected chi connectivity index (χ1v) is 7.42. The maximum Gasteiger partial charge on any atom is 0.162 e. The van der Waals surface area contributed by atoms with Gasteiger partial charge in [-0.1, -0.05) is 51.1 Å². The molecule has 1 heterocycles. The Morgan fingerprint density at radius 2 is 1.76 bits per heavy atom. The van der Waals surface area contributed by atoms with Crippen molar-refractivity contribution in [2.45, 2.75) is 32.6 Å². The lowest BCUT2D eigenvalue weighted by Gasteiger charge is -2.16. The Morgan fingerprint density at radius 1 is 1.10 bits per heavy atom.